The molecule has 20 nitrogen and oxygen atoms in total. The standard InChI is InChI=1S/C27H16F3NO4S.C27H19NO4S.C26H16BrNO4S.C20H12FNO4/c28-27(29,30)17-11-4-5-12-19(17)36-24-22(32)20-23(35-26(24)34)16-10-6-9-15-13-18(14-7-2-1-3-8-14)31(21(15)16)25(20)33;1-15-10-12-18(13-11-15)33-25-23(29)21-24(32-27(25)31)19-9-5-8-17-14-20(16-6-3-2-4-7-16)28(22(17)19)26(21)30;27-17-11-4-5-12-19(17)33-24-22(29)20-23(32-26(24)31)16-10-6-9-15-13-18(14-7-2-1-3-8-14)28(21(15)16)25(20)30;21-12-6-4-10(5-7-12)14-8-11-2-1-3-13-18(11)22(14)20(25)17-15(23)9-16(24)26-19(13)17/h1-12,18,32H,13H2;2-13,20,29H,14H2,1H3;1-12,18,29H,13H2;1-7,9,14,23H,8H2. The second-order valence-electron chi connectivity index (χ2n) is 31.1. The molecule has 0 spiro atoms. The van der Waals surface area contributed by atoms with Crippen molar-refractivity contribution in [1.82, 2.24) is 18.3 Å². The van der Waals surface area contributed by atoms with Gasteiger partial charge in [0.1, 0.15) is 47.8 Å². The van der Waals surface area contributed by atoms with Gasteiger partial charge in [0.2, 0.25) is 0 Å². The molecule has 0 radical (unpaired) electrons. The molecule has 4 aliphatic rings. The average Bonchev–Trinajstić information content (AvgIpc) is 1.50. The van der Waals surface area contributed by atoms with Crippen molar-refractivity contribution >= 4 is 139 Å². The van der Waals surface area contributed by atoms with Crippen LogP contribution in [0.25, 0.3) is 87.5 Å². The van der Waals surface area contributed by atoms with Gasteiger partial charge in [-0.3, -0.25) is 37.4 Å². The highest BCUT2D eigenvalue weighted by atomic mass is 79.9. The van der Waals surface area contributed by atoms with Gasteiger partial charge in [0.25, 0.3) is 22.2 Å². The third kappa shape index (κ3) is 13.9. The van der Waals surface area contributed by atoms with Gasteiger partial charge in [-0.2, -0.15) is 13.2 Å². The molecule has 23 rings (SSSR count). The van der Waals surface area contributed by atoms with Crippen LogP contribution in [0, 0.1) is 12.7 Å². The van der Waals surface area contributed by atoms with Crippen LogP contribution in [0.15, 0.2) is 357 Å². The van der Waals surface area contributed by atoms with Gasteiger partial charge < -0.3 is 38.1 Å². The third-order valence-corrected chi connectivity index (χ3v) is 28.0. The first-order chi connectivity index (χ1) is 61.9. The number of nitrogens with zero attached hydrogens (tertiary/aromatic N) is 4. The largest absolute Gasteiger partial charge is 0.507 e. The Kier molecular flexibility index (Phi) is 20.6. The van der Waals surface area contributed by atoms with E-state index < -0.39 is 61.8 Å². The van der Waals surface area contributed by atoms with E-state index in [1.807, 2.05) is 201 Å². The van der Waals surface area contributed by atoms with Gasteiger partial charge in [-0.15, -0.1) is 0 Å². The van der Waals surface area contributed by atoms with Crippen LogP contribution in [0.2, 0.25) is 0 Å². The van der Waals surface area contributed by atoms with E-state index in [1.54, 1.807) is 48.6 Å². The highest BCUT2D eigenvalue weighted by molar-refractivity contribution is 9.10. The number of aromatic nitrogens is 4. The number of aromatic hydroxyl groups is 4. The molecule has 0 bridgehead atoms. The fourth-order valence-electron chi connectivity index (χ4n) is 18.0. The maximum Gasteiger partial charge on any atom is 0.417 e. The quantitative estimate of drug-likeness (QED) is 0.0731. The topological polar surface area (TPSA) is 290 Å². The third-order valence-electron chi connectivity index (χ3n) is 23.7. The molecule has 0 aliphatic carbocycles. The zero-order chi connectivity index (χ0) is 88.6. The zero-order valence-corrected chi connectivity index (χ0v) is 70.7. The lowest BCUT2D eigenvalue weighted by atomic mass is 10.0. The normalized spacial score (nSPS) is 15.1. The van der Waals surface area contributed by atoms with Crippen LogP contribution >= 0.6 is 51.2 Å². The predicted octanol–water partition coefficient (Wildman–Crippen LogP) is 20.5. The Labute approximate surface area is 738 Å². The van der Waals surface area contributed by atoms with E-state index in [2.05, 4.69) is 15.9 Å². The van der Waals surface area contributed by atoms with Gasteiger partial charge in [0.05, 0.1) is 57.9 Å². The smallest absolute Gasteiger partial charge is 0.417 e. The van der Waals surface area contributed by atoms with E-state index in [0.717, 1.165) is 111 Å². The first-order valence-electron chi connectivity index (χ1n) is 40.2. The molecule has 0 saturated heterocycles. The zero-order valence-electron chi connectivity index (χ0n) is 66.6. The molecule has 11 aromatic carbocycles. The van der Waals surface area contributed by atoms with Crippen molar-refractivity contribution in [3.63, 3.8) is 0 Å². The van der Waals surface area contributed by atoms with Crippen molar-refractivity contribution in [2.75, 3.05) is 0 Å². The Morgan fingerprint density at radius 2 is 0.688 bits per heavy atom. The van der Waals surface area contributed by atoms with Gasteiger partial charge in [-0.25, -0.2) is 23.6 Å². The summed E-state index contributed by atoms with van der Waals surface area (Å²) in [5, 5.41) is 45.9. The van der Waals surface area contributed by atoms with E-state index in [9.17, 15) is 76.3 Å². The highest BCUT2D eigenvalue weighted by Gasteiger charge is 2.39. The van der Waals surface area contributed by atoms with Crippen LogP contribution < -0.4 is 44.7 Å². The molecular weight excluding hydrogens is 1770 g/mol. The van der Waals surface area contributed by atoms with E-state index in [4.69, 9.17) is 17.7 Å². The van der Waals surface area contributed by atoms with Crippen molar-refractivity contribution < 1.29 is 55.7 Å². The van der Waals surface area contributed by atoms with Gasteiger partial charge in [-0.05, 0) is 166 Å². The molecule has 0 saturated carbocycles. The minimum Gasteiger partial charge on any atom is -0.507 e. The summed E-state index contributed by atoms with van der Waals surface area (Å²) in [6.07, 6.45) is -2.28. The molecule has 4 N–H and O–H groups in total. The summed E-state index contributed by atoms with van der Waals surface area (Å²) in [6, 6.07) is 76.9. The molecule has 19 aromatic rings. The van der Waals surface area contributed by atoms with Gasteiger partial charge in [-0.1, -0.05) is 229 Å². The predicted molar refractivity (Wildman–Crippen MR) is 486 cm³/mol. The Morgan fingerprint density at radius 3 is 1.07 bits per heavy atom. The molecule has 0 fully saturated rings. The van der Waals surface area contributed by atoms with Crippen LogP contribution in [0.3, 0.4) is 0 Å². The number of rotatable bonds is 10. The first-order valence-corrected chi connectivity index (χ1v) is 43.4. The van der Waals surface area contributed by atoms with Crippen LogP contribution in [-0.4, -0.2) is 38.7 Å². The molecule has 28 heteroatoms. The minimum absolute atomic E-state index is 0.0101. The molecule has 8 aromatic heterocycles. The lowest BCUT2D eigenvalue weighted by Crippen LogP contribution is -2.24. The summed E-state index contributed by atoms with van der Waals surface area (Å²) in [5.74, 6) is -2.11. The Hall–Kier alpha value is -14.5. The van der Waals surface area contributed by atoms with Crippen molar-refractivity contribution in [3.8, 4) is 23.0 Å². The second-order valence-corrected chi connectivity index (χ2v) is 35.2. The fourth-order valence-corrected chi connectivity index (χ4v) is 21.2. The summed E-state index contributed by atoms with van der Waals surface area (Å²) in [6.45, 7) is 1.97. The average molecular weight is 1830 g/mol. The monoisotopic (exact) mass is 1830 g/mol. The summed E-state index contributed by atoms with van der Waals surface area (Å²) in [7, 11) is 0. The maximum atomic E-state index is 13.8. The summed E-state index contributed by atoms with van der Waals surface area (Å²) in [4.78, 5) is 106. The van der Waals surface area contributed by atoms with Crippen LogP contribution in [0.1, 0.15) is 79.8 Å². The number of hydrogen-bond acceptors (Lipinski definition) is 19. The Balaban J connectivity index is 0.000000108. The van der Waals surface area contributed by atoms with E-state index >= 15 is 0 Å². The van der Waals surface area contributed by atoms with Crippen LogP contribution in [0.4, 0.5) is 17.6 Å². The summed E-state index contributed by atoms with van der Waals surface area (Å²) >= 11 is 6.05. The van der Waals surface area contributed by atoms with E-state index in [-0.39, 0.29) is 111 Å². The van der Waals surface area contributed by atoms with E-state index in [0.29, 0.717) is 70.0 Å². The Morgan fingerprint density at radius 1 is 0.359 bits per heavy atom. The molecule has 0 amide bonds. The molecule has 632 valence electrons. The molecular formula is C100H63BrF4N4O16S3. The SMILES string of the molecule is Cc1ccc(Sc2c(O)c3c(=O)n4c5c(cccc5c3oc2=O)CC4c2ccccc2)cc1.O=c1cc(O)c2c(=O)n3c4c(cccc4c2o1)CC3c1ccc(F)cc1.O=c1oc2c(c(O)c1Sc1ccccc1Br)c(=O)n1c3c(cccc23)CC1c1ccccc1.O=c1oc2c(c(O)c1Sc1ccccc1C(F)(F)F)c(=O)n1c3c(cccc23)CC1c1ccccc1. The number of benzene rings is 11. The van der Waals surface area contributed by atoms with Crippen LogP contribution in [-0.2, 0) is 31.9 Å². The van der Waals surface area contributed by atoms with Gasteiger partial charge in [0.15, 0.2) is 39.6 Å². The van der Waals surface area contributed by atoms with Crippen molar-refractivity contribution in [3.05, 3.63) is 416 Å². The molecule has 4 unspecified atom stereocenters. The van der Waals surface area contributed by atoms with E-state index in [1.165, 1.54) is 30.3 Å². The number of hydrogen-bond donors (Lipinski definition) is 4. The molecule has 4 atom stereocenters. The highest BCUT2D eigenvalue weighted by Crippen LogP contribution is 2.49. The number of para-hydroxylation sites is 4. The number of aryl methyl sites for hydroxylation is 1. The lowest BCUT2D eigenvalue weighted by molar-refractivity contribution is -0.139. The second kappa shape index (κ2) is 32.2. The Bertz CT molecular complexity index is 8440. The number of halogens is 5. The van der Waals surface area contributed by atoms with Crippen LogP contribution in [0.5, 0.6) is 23.0 Å². The van der Waals surface area contributed by atoms with Crippen molar-refractivity contribution in [2.45, 2.75) is 92.3 Å². The molecule has 128 heavy (non-hydrogen) atoms. The maximum absolute atomic E-state index is 13.8. The number of fused-ring (bicyclic) bond motifs is 8. The van der Waals surface area contributed by atoms with Gasteiger partial charge >= 0.3 is 28.7 Å². The summed E-state index contributed by atoms with van der Waals surface area (Å²) in [5.41, 5.74) is 5.91. The molecule has 12 heterocycles. The first kappa shape index (κ1) is 81.9. The molecule has 4 aliphatic heterocycles. The summed E-state index contributed by atoms with van der Waals surface area (Å²) < 4.78 is 83.4. The lowest BCUT2D eigenvalue weighted by Gasteiger charge is -2.17. The minimum atomic E-state index is -4.67. The fraction of sp³-hybridized carbons (Fsp3) is 0.100. The van der Waals surface area contributed by atoms with Gasteiger partial charge in [0, 0.05) is 40.7 Å². The number of pyridine rings is 4. The van der Waals surface area contributed by atoms with Crippen molar-refractivity contribution in [2.24, 2.45) is 0 Å². The van der Waals surface area contributed by atoms with Crippen molar-refractivity contribution in [1.29, 1.82) is 0 Å². The number of alkyl halides is 3.